The summed E-state index contributed by atoms with van der Waals surface area (Å²) in [6, 6.07) is 0. The van der Waals surface area contributed by atoms with E-state index in [0.29, 0.717) is 0 Å². The Morgan fingerprint density at radius 3 is 2.17 bits per heavy atom. The maximum atomic E-state index is 12.5. The predicted octanol–water partition coefficient (Wildman–Crippen LogP) is 2.30. The van der Waals surface area contributed by atoms with Crippen LogP contribution in [0.1, 0.15) is 38.5 Å². The fourth-order valence-corrected chi connectivity index (χ4v) is 0.645. The zero-order chi connectivity index (χ0) is 9.35. The first kappa shape index (κ1) is 9.09. The second-order valence-electron chi connectivity index (χ2n) is 2.99. The van der Waals surface area contributed by atoms with Crippen LogP contribution in [0, 0.1) is 0 Å². The highest BCUT2D eigenvalue weighted by Crippen LogP contribution is 2.26. The molecular weight excluding hydrogens is 166 g/mol. The van der Waals surface area contributed by atoms with Gasteiger partial charge in [0.05, 0.1) is 0 Å². The molecule has 0 saturated carbocycles. The van der Waals surface area contributed by atoms with Gasteiger partial charge in [-0.05, 0) is 0 Å². The highest BCUT2D eigenvalue weighted by molar-refractivity contribution is 4.91. The van der Waals surface area contributed by atoms with E-state index < -0.39 is 11.8 Å². The van der Waals surface area contributed by atoms with Crippen molar-refractivity contribution < 1.29 is 13.2 Å². The number of alkyl halides is 2. The van der Waals surface area contributed by atoms with Crippen LogP contribution in [-0.4, -0.2) is 10.2 Å². The summed E-state index contributed by atoms with van der Waals surface area (Å²) >= 11 is 0. The Morgan fingerprint density at radius 1 is 1.33 bits per heavy atom. The van der Waals surface area contributed by atoms with Gasteiger partial charge < -0.3 is 4.42 Å². The van der Waals surface area contributed by atoms with Crippen molar-refractivity contribution in [3.63, 3.8) is 0 Å². The van der Waals surface area contributed by atoms with Gasteiger partial charge in [-0.15, -0.1) is 10.2 Å². The third-order valence-corrected chi connectivity index (χ3v) is 1.31. The van der Waals surface area contributed by atoms with Crippen LogP contribution in [0.2, 0.25) is 0 Å². The molecule has 0 atom stereocenters. The summed E-state index contributed by atoms with van der Waals surface area (Å²) < 4.78 is 29.8. The fraction of sp³-hybridized carbons (Fsp3) is 0.714. The topological polar surface area (TPSA) is 38.9 Å². The molecule has 0 aliphatic rings. The van der Waals surface area contributed by atoms with Gasteiger partial charge in [-0.2, -0.15) is 8.78 Å². The number of hydrogen-bond acceptors (Lipinski definition) is 3. The lowest BCUT2D eigenvalue weighted by Gasteiger charge is -2.02. The zero-order valence-electron chi connectivity index (χ0n) is 7.14. The molecule has 1 heterocycles. The normalized spacial score (nSPS) is 12.5. The molecule has 5 heteroatoms. The van der Waals surface area contributed by atoms with Crippen molar-refractivity contribution in [3.8, 4) is 0 Å². The van der Waals surface area contributed by atoms with Crippen LogP contribution < -0.4 is 0 Å². The second kappa shape index (κ2) is 2.80. The van der Waals surface area contributed by atoms with Crippen LogP contribution in [-0.2, 0) is 5.92 Å². The van der Waals surface area contributed by atoms with Gasteiger partial charge in [0.15, 0.2) is 0 Å². The molecule has 0 saturated heterocycles. The lowest BCUT2D eigenvalue weighted by Crippen LogP contribution is -2.06. The van der Waals surface area contributed by atoms with Gasteiger partial charge in [-0.1, -0.05) is 13.8 Å². The van der Waals surface area contributed by atoms with Crippen molar-refractivity contribution >= 4 is 0 Å². The monoisotopic (exact) mass is 176 g/mol. The van der Waals surface area contributed by atoms with Gasteiger partial charge in [0.2, 0.25) is 5.89 Å². The van der Waals surface area contributed by atoms with Gasteiger partial charge in [0, 0.05) is 12.8 Å². The highest BCUT2D eigenvalue weighted by atomic mass is 19.3. The summed E-state index contributed by atoms with van der Waals surface area (Å²) in [5.41, 5.74) is 0. The molecule has 0 N–H and O–H groups in total. The number of rotatable bonds is 2. The molecule has 1 aromatic heterocycles. The average Bonchev–Trinajstić information content (AvgIpc) is 2.30. The van der Waals surface area contributed by atoms with Gasteiger partial charge in [0.25, 0.3) is 5.89 Å². The third kappa shape index (κ3) is 1.78. The minimum absolute atomic E-state index is 0.0198. The molecular formula is C7H10F2N2O. The lowest BCUT2D eigenvalue weighted by atomic mass is 10.2. The van der Waals surface area contributed by atoms with E-state index in [1.54, 1.807) is 13.8 Å². The Morgan fingerprint density at radius 2 is 1.92 bits per heavy atom. The first-order chi connectivity index (χ1) is 5.41. The summed E-state index contributed by atoms with van der Waals surface area (Å²) in [7, 11) is 0. The van der Waals surface area contributed by atoms with E-state index in [1.807, 2.05) is 0 Å². The second-order valence-corrected chi connectivity index (χ2v) is 2.99. The molecule has 0 fully saturated rings. The van der Waals surface area contributed by atoms with E-state index in [9.17, 15) is 8.78 Å². The standard InChI is InChI=1S/C7H10F2N2O/c1-4(2)5-10-11-6(12-5)7(3,8)9/h4H,1-3H3. The molecule has 3 nitrogen and oxygen atoms in total. The summed E-state index contributed by atoms with van der Waals surface area (Å²) in [4.78, 5) is 0. The maximum absolute atomic E-state index is 12.5. The van der Waals surface area contributed by atoms with E-state index in [2.05, 4.69) is 10.2 Å². The zero-order valence-corrected chi connectivity index (χ0v) is 7.14. The van der Waals surface area contributed by atoms with E-state index in [0.717, 1.165) is 6.92 Å². The van der Waals surface area contributed by atoms with Crippen molar-refractivity contribution in [2.24, 2.45) is 0 Å². The van der Waals surface area contributed by atoms with Crippen LogP contribution in [0.15, 0.2) is 4.42 Å². The molecule has 0 aromatic carbocycles. The first-order valence-corrected chi connectivity index (χ1v) is 3.63. The van der Waals surface area contributed by atoms with Crippen molar-refractivity contribution in [1.82, 2.24) is 10.2 Å². The Balaban J connectivity index is 2.92. The third-order valence-electron chi connectivity index (χ3n) is 1.31. The van der Waals surface area contributed by atoms with Crippen molar-refractivity contribution in [2.75, 3.05) is 0 Å². The summed E-state index contributed by atoms with van der Waals surface area (Å²) in [6.07, 6.45) is 0. The SMILES string of the molecule is CC(C)c1nnc(C(C)(F)F)o1. The summed E-state index contributed by atoms with van der Waals surface area (Å²) in [5.74, 6) is -3.44. The molecule has 0 aliphatic carbocycles. The Labute approximate surface area is 68.8 Å². The predicted molar refractivity (Wildman–Crippen MR) is 38.0 cm³/mol. The number of halogens is 2. The molecule has 0 spiro atoms. The lowest BCUT2D eigenvalue weighted by molar-refractivity contribution is -0.0121. The first-order valence-electron chi connectivity index (χ1n) is 3.63. The molecule has 68 valence electrons. The Kier molecular flexibility index (Phi) is 2.12. The van der Waals surface area contributed by atoms with E-state index in [1.165, 1.54) is 0 Å². The highest BCUT2D eigenvalue weighted by Gasteiger charge is 2.31. The quantitative estimate of drug-likeness (QED) is 0.694. The van der Waals surface area contributed by atoms with Crippen LogP contribution in [0.4, 0.5) is 8.78 Å². The molecule has 0 aliphatic heterocycles. The minimum atomic E-state index is -3.04. The molecule has 0 amide bonds. The van der Waals surface area contributed by atoms with Crippen LogP contribution in [0.5, 0.6) is 0 Å². The number of nitrogens with zero attached hydrogens (tertiary/aromatic N) is 2. The Bertz CT molecular complexity index is 265. The average molecular weight is 176 g/mol. The molecule has 1 aromatic rings. The summed E-state index contributed by atoms with van der Waals surface area (Å²) in [6.45, 7) is 4.32. The summed E-state index contributed by atoms with van der Waals surface area (Å²) in [5, 5.41) is 6.73. The van der Waals surface area contributed by atoms with Crippen LogP contribution in [0.25, 0.3) is 0 Å². The molecule has 0 bridgehead atoms. The minimum Gasteiger partial charge on any atom is -0.419 e. The molecule has 12 heavy (non-hydrogen) atoms. The Hall–Kier alpha value is -1.00. The van der Waals surface area contributed by atoms with Crippen LogP contribution >= 0.6 is 0 Å². The van der Waals surface area contributed by atoms with E-state index in [4.69, 9.17) is 4.42 Å². The van der Waals surface area contributed by atoms with Crippen molar-refractivity contribution in [2.45, 2.75) is 32.6 Å². The van der Waals surface area contributed by atoms with Gasteiger partial charge in [0.1, 0.15) is 0 Å². The maximum Gasteiger partial charge on any atom is 0.321 e. The van der Waals surface area contributed by atoms with E-state index in [-0.39, 0.29) is 11.8 Å². The molecule has 0 radical (unpaired) electrons. The van der Waals surface area contributed by atoms with Crippen molar-refractivity contribution in [1.29, 1.82) is 0 Å². The van der Waals surface area contributed by atoms with Gasteiger partial charge in [-0.25, -0.2) is 0 Å². The number of hydrogen-bond donors (Lipinski definition) is 0. The fourth-order valence-electron chi connectivity index (χ4n) is 0.645. The van der Waals surface area contributed by atoms with Crippen molar-refractivity contribution in [3.05, 3.63) is 11.8 Å². The van der Waals surface area contributed by atoms with E-state index >= 15 is 0 Å². The van der Waals surface area contributed by atoms with Gasteiger partial charge in [-0.3, -0.25) is 0 Å². The molecule has 0 unspecified atom stereocenters. The van der Waals surface area contributed by atoms with Gasteiger partial charge >= 0.3 is 5.92 Å². The molecule has 1 rings (SSSR count). The smallest absolute Gasteiger partial charge is 0.321 e. The largest absolute Gasteiger partial charge is 0.419 e. The van der Waals surface area contributed by atoms with Crippen LogP contribution in [0.3, 0.4) is 0 Å². The number of aromatic nitrogens is 2.